The van der Waals surface area contributed by atoms with Gasteiger partial charge < -0.3 is 34.6 Å². The minimum atomic E-state index is -1.37. The van der Waals surface area contributed by atoms with Crippen LogP contribution in [0, 0.1) is 0 Å². The molecule has 0 aromatic rings. The zero-order chi connectivity index (χ0) is 16.9. The van der Waals surface area contributed by atoms with E-state index in [9.17, 15) is 20.1 Å². The summed E-state index contributed by atoms with van der Waals surface area (Å²) in [4.78, 5) is 11.8. The number of hydrogen-bond donors (Lipinski definition) is 4. The number of rotatable bonds is 9. The Morgan fingerprint density at radius 3 is 2.45 bits per heavy atom. The van der Waals surface area contributed by atoms with Crippen LogP contribution < -0.4 is 0 Å². The topological polar surface area (TPSA) is 126 Å². The van der Waals surface area contributed by atoms with Crippen LogP contribution in [-0.2, 0) is 19.0 Å². The van der Waals surface area contributed by atoms with Crippen molar-refractivity contribution in [1.82, 2.24) is 0 Å². The molecular weight excluding hydrogens is 296 g/mol. The molecule has 1 unspecified atom stereocenters. The summed E-state index contributed by atoms with van der Waals surface area (Å²) < 4.78 is 15.5. The number of ether oxygens (including phenoxy) is 3. The van der Waals surface area contributed by atoms with E-state index in [2.05, 4.69) is 0 Å². The second kappa shape index (κ2) is 7.77. The van der Waals surface area contributed by atoms with E-state index in [0.717, 1.165) is 0 Å². The number of esters is 1. The minimum absolute atomic E-state index is 0.0942. The Morgan fingerprint density at radius 1 is 1.32 bits per heavy atom. The van der Waals surface area contributed by atoms with Crippen LogP contribution in [0.1, 0.15) is 27.2 Å². The fourth-order valence-corrected chi connectivity index (χ4v) is 1.63. The lowest BCUT2D eigenvalue weighted by Crippen LogP contribution is -2.33. The smallest absolute Gasteiger partial charge is 0.378 e. The molecule has 8 heteroatoms. The van der Waals surface area contributed by atoms with Gasteiger partial charge in [0.1, 0.15) is 19.3 Å². The van der Waals surface area contributed by atoms with Gasteiger partial charge in [0.2, 0.25) is 5.76 Å². The molecule has 0 aromatic carbocycles. The monoisotopic (exact) mass is 320 g/mol. The van der Waals surface area contributed by atoms with E-state index in [1.165, 1.54) is 13.8 Å². The van der Waals surface area contributed by atoms with Crippen LogP contribution in [0.15, 0.2) is 11.5 Å². The Hall–Kier alpha value is -1.35. The minimum Gasteiger partial charge on any atom is -0.487 e. The van der Waals surface area contributed by atoms with Gasteiger partial charge in [-0.15, -0.1) is 0 Å². The summed E-state index contributed by atoms with van der Waals surface area (Å²) in [5.74, 6) is -1.23. The first-order valence-electron chi connectivity index (χ1n) is 7.09. The summed E-state index contributed by atoms with van der Waals surface area (Å²) >= 11 is 0. The molecule has 1 aliphatic rings. The van der Waals surface area contributed by atoms with Gasteiger partial charge >= 0.3 is 5.97 Å². The highest BCUT2D eigenvalue weighted by Crippen LogP contribution is 2.28. The third-order valence-electron chi connectivity index (χ3n) is 2.91. The molecule has 0 aliphatic carbocycles. The first-order chi connectivity index (χ1) is 10.2. The van der Waals surface area contributed by atoms with Crippen molar-refractivity contribution in [1.29, 1.82) is 0 Å². The van der Waals surface area contributed by atoms with Crippen LogP contribution in [0.4, 0.5) is 0 Å². The molecule has 128 valence electrons. The van der Waals surface area contributed by atoms with Crippen molar-refractivity contribution in [2.45, 2.75) is 51.1 Å². The van der Waals surface area contributed by atoms with Gasteiger partial charge in [-0.25, -0.2) is 4.79 Å². The van der Waals surface area contributed by atoms with Gasteiger partial charge in [0.15, 0.2) is 11.9 Å². The van der Waals surface area contributed by atoms with Crippen LogP contribution in [0.2, 0.25) is 0 Å². The van der Waals surface area contributed by atoms with Gasteiger partial charge in [0.25, 0.3) is 0 Å². The number of aliphatic hydroxyl groups is 4. The van der Waals surface area contributed by atoms with Gasteiger partial charge in [-0.1, -0.05) is 6.92 Å². The summed E-state index contributed by atoms with van der Waals surface area (Å²) in [7, 11) is 0. The molecule has 0 saturated carbocycles. The van der Waals surface area contributed by atoms with Gasteiger partial charge in [0, 0.05) is 0 Å². The molecule has 0 saturated heterocycles. The van der Waals surface area contributed by atoms with Gasteiger partial charge in [-0.2, -0.15) is 0 Å². The normalized spacial score (nSPS) is 21.6. The molecule has 0 fully saturated rings. The highest BCUT2D eigenvalue weighted by molar-refractivity contribution is 5.89. The Bertz CT molecular complexity index is 412. The van der Waals surface area contributed by atoms with Crippen LogP contribution in [0.25, 0.3) is 0 Å². The molecule has 1 heterocycles. The van der Waals surface area contributed by atoms with Crippen LogP contribution in [-0.4, -0.2) is 70.1 Å². The fraction of sp³-hybridized carbons (Fsp3) is 0.786. The highest BCUT2D eigenvalue weighted by Gasteiger charge is 2.42. The summed E-state index contributed by atoms with van der Waals surface area (Å²) in [6.45, 7) is 3.80. The third-order valence-corrected chi connectivity index (χ3v) is 2.91. The molecule has 8 nitrogen and oxygen atoms in total. The third kappa shape index (κ3) is 5.13. The van der Waals surface area contributed by atoms with Crippen LogP contribution >= 0.6 is 0 Å². The van der Waals surface area contributed by atoms with Crippen LogP contribution in [0.5, 0.6) is 0 Å². The van der Waals surface area contributed by atoms with Crippen LogP contribution in [0.3, 0.4) is 0 Å². The zero-order valence-corrected chi connectivity index (χ0v) is 13.0. The van der Waals surface area contributed by atoms with E-state index in [4.69, 9.17) is 19.3 Å². The highest BCUT2D eigenvalue weighted by atomic mass is 16.6. The molecule has 1 aliphatic heterocycles. The van der Waals surface area contributed by atoms with Crippen molar-refractivity contribution >= 4 is 5.97 Å². The average molecular weight is 320 g/mol. The van der Waals surface area contributed by atoms with Gasteiger partial charge in [-0.05, 0) is 20.3 Å². The van der Waals surface area contributed by atoms with Crippen molar-refractivity contribution < 1.29 is 39.4 Å². The molecule has 0 spiro atoms. The van der Waals surface area contributed by atoms with Crippen molar-refractivity contribution in [3.8, 4) is 0 Å². The van der Waals surface area contributed by atoms with Crippen molar-refractivity contribution in [3.63, 3.8) is 0 Å². The zero-order valence-electron chi connectivity index (χ0n) is 13.0. The number of cyclic esters (lactones) is 1. The Morgan fingerprint density at radius 2 is 1.95 bits per heavy atom. The standard InChI is InChI=1S/C14H24O8/c1-4-8(16)6-20-11-10(9(17)5-15)22-13(18)12(11)21-7-14(2,3)19/h8-10,15-17,19H,4-7H2,1-3H3/t8?,9-,10+/m0/s1. The first-order valence-corrected chi connectivity index (χ1v) is 7.09. The maximum atomic E-state index is 11.8. The average Bonchev–Trinajstić information content (AvgIpc) is 2.77. The largest absolute Gasteiger partial charge is 0.487 e. The summed E-state index contributed by atoms with van der Waals surface area (Å²) in [6, 6.07) is 0. The number of carbonyl (C=O) groups is 1. The molecular formula is C14H24O8. The second-order valence-electron chi connectivity index (χ2n) is 5.74. The van der Waals surface area contributed by atoms with E-state index in [0.29, 0.717) is 6.42 Å². The van der Waals surface area contributed by atoms with E-state index in [1.807, 2.05) is 0 Å². The van der Waals surface area contributed by atoms with Gasteiger partial charge in [-0.3, -0.25) is 0 Å². The lowest BCUT2D eigenvalue weighted by molar-refractivity contribution is -0.149. The molecule has 3 atom stereocenters. The maximum Gasteiger partial charge on any atom is 0.378 e. The predicted octanol–water partition coefficient (Wildman–Crippen LogP) is -0.948. The molecule has 4 N–H and O–H groups in total. The molecule has 1 rings (SSSR count). The summed E-state index contributed by atoms with van der Waals surface area (Å²) in [6.07, 6.45) is -2.90. The lowest BCUT2D eigenvalue weighted by Gasteiger charge is -2.20. The second-order valence-corrected chi connectivity index (χ2v) is 5.74. The molecule has 22 heavy (non-hydrogen) atoms. The van der Waals surface area contributed by atoms with Gasteiger partial charge in [0.05, 0.1) is 18.3 Å². The van der Waals surface area contributed by atoms with E-state index in [1.54, 1.807) is 6.92 Å². The Kier molecular flexibility index (Phi) is 6.61. The lowest BCUT2D eigenvalue weighted by atomic mass is 10.1. The van der Waals surface area contributed by atoms with E-state index in [-0.39, 0.29) is 24.7 Å². The molecule has 0 bridgehead atoms. The summed E-state index contributed by atoms with van der Waals surface area (Å²) in [5.41, 5.74) is -1.19. The maximum absolute atomic E-state index is 11.8. The molecule has 0 aromatic heterocycles. The Labute approximate surface area is 128 Å². The predicted molar refractivity (Wildman–Crippen MR) is 74.5 cm³/mol. The Balaban J connectivity index is 2.94. The number of aliphatic hydroxyl groups excluding tert-OH is 3. The molecule has 0 amide bonds. The first kappa shape index (κ1) is 18.7. The van der Waals surface area contributed by atoms with E-state index < -0.39 is 36.5 Å². The van der Waals surface area contributed by atoms with Crippen molar-refractivity contribution in [2.75, 3.05) is 19.8 Å². The SMILES string of the molecule is CCC(O)COC1=C(OCC(C)(C)O)C(=O)O[C@@H]1[C@@H](O)CO. The molecule has 0 radical (unpaired) electrons. The fourth-order valence-electron chi connectivity index (χ4n) is 1.63. The summed E-state index contributed by atoms with van der Waals surface area (Å²) in [5, 5.41) is 37.9. The van der Waals surface area contributed by atoms with E-state index >= 15 is 0 Å². The number of hydrogen-bond acceptors (Lipinski definition) is 8. The van der Waals surface area contributed by atoms with Crippen molar-refractivity contribution in [3.05, 3.63) is 11.5 Å². The number of carbonyl (C=O) groups excluding carboxylic acids is 1. The van der Waals surface area contributed by atoms with Crippen molar-refractivity contribution in [2.24, 2.45) is 0 Å². The quantitative estimate of drug-likeness (QED) is 0.401.